The number of carbonyl (C=O) groups is 2. The monoisotopic (exact) mass is 339 g/mol. The maximum absolute atomic E-state index is 11.9. The molecule has 0 bridgehead atoms. The number of carbonyl (C=O) groups excluding carboxylic acids is 2. The Labute approximate surface area is 137 Å². The first kappa shape index (κ1) is 17.8. The highest BCUT2D eigenvalue weighted by atomic mass is 16.8. The van der Waals surface area contributed by atoms with Crippen molar-refractivity contribution in [2.45, 2.75) is 31.3 Å². The van der Waals surface area contributed by atoms with Gasteiger partial charge in [0.15, 0.2) is 12.2 Å². The molecule has 1 heterocycles. The average molecular weight is 339 g/mol. The van der Waals surface area contributed by atoms with Crippen LogP contribution >= 0.6 is 0 Å². The second-order valence-corrected chi connectivity index (χ2v) is 5.00. The first-order valence-corrected chi connectivity index (χ1v) is 7.15. The lowest BCUT2D eigenvalue weighted by molar-refractivity contribution is -0.388. The van der Waals surface area contributed by atoms with Crippen LogP contribution in [-0.2, 0) is 34.3 Å². The summed E-state index contributed by atoms with van der Waals surface area (Å²) in [6.07, 6.45) is -2.65. The molecule has 9 nitrogen and oxygen atoms in total. The Kier molecular flexibility index (Phi) is 5.15. The summed E-state index contributed by atoms with van der Waals surface area (Å²) in [5.41, 5.74) is -0.133. The first-order chi connectivity index (χ1) is 11.4. The van der Waals surface area contributed by atoms with Crippen LogP contribution in [0, 0.1) is 10.1 Å². The zero-order valence-corrected chi connectivity index (χ0v) is 13.4. The van der Waals surface area contributed by atoms with Crippen LogP contribution in [-0.4, -0.2) is 43.3 Å². The van der Waals surface area contributed by atoms with E-state index in [9.17, 15) is 19.7 Å². The number of para-hydroxylation sites is 1. The lowest BCUT2D eigenvalue weighted by atomic mass is 10.0. The van der Waals surface area contributed by atoms with E-state index >= 15 is 0 Å². The predicted molar refractivity (Wildman–Crippen MR) is 78.8 cm³/mol. The topological polar surface area (TPSA) is 114 Å². The molecule has 9 heteroatoms. The minimum absolute atomic E-state index is 0.109. The lowest BCUT2D eigenvalue weighted by Gasteiger charge is -2.26. The van der Waals surface area contributed by atoms with Gasteiger partial charge < -0.3 is 18.9 Å². The van der Waals surface area contributed by atoms with Crippen molar-refractivity contribution in [3.05, 3.63) is 39.9 Å². The standard InChI is InChI=1S/C15H17NO8/c1-4-15(9-7-5-6-8-10(9)16(19)20)23-11(13(17)21-2)12(24-15)14(18)22-3/h5-8,11-12H,4H2,1-3H3. The second-order valence-electron chi connectivity index (χ2n) is 5.00. The second kappa shape index (κ2) is 6.93. The van der Waals surface area contributed by atoms with Crippen molar-refractivity contribution in [1.29, 1.82) is 0 Å². The van der Waals surface area contributed by atoms with Crippen molar-refractivity contribution >= 4 is 17.6 Å². The third-order valence-corrected chi connectivity index (χ3v) is 3.75. The summed E-state index contributed by atoms with van der Waals surface area (Å²) in [5.74, 6) is -3.31. The highest BCUT2D eigenvalue weighted by molar-refractivity contribution is 5.86. The van der Waals surface area contributed by atoms with Crippen molar-refractivity contribution in [2.24, 2.45) is 0 Å². The smallest absolute Gasteiger partial charge is 0.338 e. The van der Waals surface area contributed by atoms with Crippen LogP contribution in [0.5, 0.6) is 0 Å². The van der Waals surface area contributed by atoms with Gasteiger partial charge in [-0.05, 0) is 6.07 Å². The molecule has 0 aliphatic carbocycles. The Morgan fingerprint density at radius 1 is 1.17 bits per heavy atom. The summed E-state index contributed by atoms with van der Waals surface area (Å²) >= 11 is 0. The number of ether oxygens (including phenoxy) is 4. The van der Waals surface area contributed by atoms with E-state index in [0.717, 1.165) is 14.2 Å². The fraction of sp³-hybridized carbons (Fsp3) is 0.467. The zero-order valence-electron chi connectivity index (χ0n) is 13.4. The number of hydrogen-bond donors (Lipinski definition) is 0. The number of hydrogen-bond acceptors (Lipinski definition) is 8. The van der Waals surface area contributed by atoms with E-state index in [1.165, 1.54) is 18.2 Å². The van der Waals surface area contributed by atoms with Gasteiger partial charge in [0.05, 0.1) is 24.7 Å². The van der Waals surface area contributed by atoms with Crippen LogP contribution in [0.15, 0.2) is 24.3 Å². The highest BCUT2D eigenvalue weighted by Gasteiger charge is 2.56. The summed E-state index contributed by atoms with van der Waals surface area (Å²) in [4.78, 5) is 34.6. The number of rotatable bonds is 5. The van der Waals surface area contributed by atoms with Gasteiger partial charge in [-0.3, -0.25) is 10.1 Å². The fourth-order valence-electron chi connectivity index (χ4n) is 2.58. The van der Waals surface area contributed by atoms with E-state index < -0.39 is 34.9 Å². The Hall–Kier alpha value is -2.52. The van der Waals surface area contributed by atoms with E-state index in [-0.39, 0.29) is 17.7 Å². The summed E-state index contributed by atoms with van der Waals surface area (Å²) in [6.45, 7) is 1.66. The van der Waals surface area contributed by atoms with Gasteiger partial charge in [-0.2, -0.15) is 0 Å². The maximum Gasteiger partial charge on any atom is 0.338 e. The fourth-order valence-corrected chi connectivity index (χ4v) is 2.58. The van der Waals surface area contributed by atoms with Gasteiger partial charge in [0, 0.05) is 12.5 Å². The molecule has 2 unspecified atom stereocenters. The molecule has 0 saturated carbocycles. The molecule has 0 N–H and O–H groups in total. The van der Waals surface area contributed by atoms with E-state index in [1.807, 2.05) is 0 Å². The summed E-state index contributed by atoms with van der Waals surface area (Å²) in [6, 6.07) is 5.81. The molecule has 1 aromatic carbocycles. The van der Waals surface area contributed by atoms with Crippen molar-refractivity contribution in [3.8, 4) is 0 Å². The van der Waals surface area contributed by atoms with Crippen molar-refractivity contribution < 1.29 is 33.5 Å². The molecule has 0 spiro atoms. The summed E-state index contributed by atoms with van der Waals surface area (Å²) < 4.78 is 20.6. The lowest BCUT2D eigenvalue weighted by Crippen LogP contribution is -2.38. The molecule has 2 atom stereocenters. The van der Waals surface area contributed by atoms with Gasteiger partial charge in [0.1, 0.15) is 0 Å². The number of nitro benzene ring substituents is 1. The number of nitrogens with zero attached hydrogens (tertiary/aromatic N) is 1. The molecule has 0 aromatic heterocycles. The molecule has 1 aliphatic heterocycles. The van der Waals surface area contributed by atoms with Crippen molar-refractivity contribution in [1.82, 2.24) is 0 Å². The van der Waals surface area contributed by atoms with Gasteiger partial charge >= 0.3 is 11.9 Å². The number of benzene rings is 1. The first-order valence-electron chi connectivity index (χ1n) is 7.15. The maximum atomic E-state index is 11.9. The van der Waals surface area contributed by atoms with Gasteiger partial charge in [0.25, 0.3) is 5.69 Å². The van der Waals surface area contributed by atoms with Crippen LogP contribution in [0.3, 0.4) is 0 Å². The van der Waals surface area contributed by atoms with E-state index in [2.05, 4.69) is 9.47 Å². The highest BCUT2D eigenvalue weighted by Crippen LogP contribution is 2.44. The molecule has 2 rings (SSSR count). The molecule has 130 valence electrons. The van der Waals surface area contributed by atoms with Gasteiger partial charge in [-0.25, -0.2) is 9.59 Å². The SMILES string of the molecule is CCC1(c2ccccc2[N+](=O)[O-])OC(C(=O)OC)C(C(=O)OC)O1. The van der Waals surface area contributed by atoms with Crippen molar-refractivity contribution in [3.63, 3.8) is 0 Å². The largest absolute Gasteiger partial charge is 0.467 e. The van der Waals surface area contributed by atoms with E-state index in [0.29, 0.717) is 0 Å². The Bertz CT molecular complexity index is 635. The number of esters is 2. The van der Waals surface area contributed by atoms with E-state index in [1.54, 1.807) is 13.0 Å². The van der Waals surface area contributed by atoms with E-state index in [4.69, 9.17) is 9.47 Å². The van der Waals surface area contributed by atoms with Crippen molar-refractivity contribution in [2.75, 3.05) is 14.2 Å². The van der Waals surface area contributed by atoms with Crippen LogP contribution in [0.25, 0.3) is 0 Å². The molecule has 1 aromatic rings. The third kappa shape index (κ3) is 2.95. The molecule has 24 heavy (non-hydrogen) atoms. The molecule has 0 amide bonds. The minimum atomic E-state index is -1.64. The minimum Gasteiger partial charge on any atom is -0.467 e. The molecule has 1 saturated heterocycles. The number of methoxy groups -OCH3 is 2. The molecular formula is C15H17NO8. The normalized spacial score (nSPS) is 26.0. The summed E-state index contributed by atoms with van der Waals surface area (Å²) in [7, 11) is 2.27. The van der Waals surface area contributed by atoms with Crippen LogP contribution in [0.2, 0.25) is 0 Å². The quantitative estimate of drug-likeness (QED) is 0.448. The average Bonchev–Trinajstić information content (AvgIpc) is 3.01. The third-order valence-electron chi connectivity index (χ3n) is 3.75. The molecular weight excluding hydrogens is 322 g/mol. The number of nitro groups is 1. The Morgan fingerprint density at radius 2 is 1.67 bits per heavy atom. The van der Waals surface area contributed by atoms with Crippen LogP contribution in [0.1, 0.15) is 18.9 Å². The van der Waals surface area contributed by atoms with Gasteiger partial charge in [-0.15, -0.1) is 0 Å². The van der Waals surface area contributed by atoms with Crippen LogP contribution < -0.4 is 0 Å². The summed E-state index contributed by atoms with van der Waals surface area (Å²) in [5, 5.41) is 11.3. The predicted octanol–water partition coefficient (Wildman–Crippen LogP) is 1.29. The van der Waals surface area contributed by atoms with Gasteiger partial charge in [0.2, 0.25) is 5.79 Å². The zero-order chi connectivity index (χ0) is 17.9. The Morgan fingerprint density at radius 3 is 2.08 bits per heavy atom. The molecule has 0 radical (unpaired) electrons. The van der Waals surface area contributed by atoms with Crippen LogP contribution in [0.4, 0.5) is 5.69 Å². The van der Waals surface area contributed by atoms with Gasteiger partial charge in [-0.1, -0.05) is 19.1 Å². The Balaban J connectivity index is 2.52. The molecule has 1 fully saturated rings. The molecule has 1 aliphatic rings.